The zero-order valence-electron chi connectivity index (χ0n) is 14.2. The molecule has 7 heteroatoms. The van der Waals surface area contributed by atoms with E-state index in [1.165, 1.54) is 4.90 Å². The molecule has 1 aliphatic heterocycles. The highest BCUT2D eigenvalue weighted by Crippen LogP contribution is 2.68. The van der Waals surface area contributed by atoms with Crippen molar-refractivity contribution >= 4 is 17.8 Å². The molecule has 134 valence electrons. The zero-order valence-corrected chi connectivity index (χ0v) is 14.2. The van der Waals surface area contributed by atoms with Crippen LogP contribution in [-0.4, -0.2) is 53.2 Å². The van der Waals surface area contributed by atoms with Gasteiger partial charge in [-0.1, -0.05) is 12.1 Å². The van der Waals surface area contributed by atoms with Crippen molar-refractivity contribution in [1.29, 1.82) is 0 Å². The molecule has 2 N–H and O–H groups in total. The number of piperidine rings is 1. The number of methoxy groups -OCH3 is 1. The molecule has 7 nitrogen and oxygen atoms in total. The van der Waals surface area contributed by atoms with Crippen LogP contribution in [0.5, 0.6) is 5.75 Å². The van der Waals surface area contributed by atoms with E-state index in [1.807, 2.05) is 25.1 Å². The second-order valence-electron chi connectivity index (χ2n) is 7.01. The number of carboxylic acid groups (broad SMARTS) is 2. The molecule has 0 spiro atoms. The maximum Gasteiger partial charge on any atom is 0.312 e. The Morgan fingerprint density at radius 2 is 1.76 bits per heavy atom. The van der Waals surface area contributed by atoms with E-state index < -0.39 is 22.8 Å². The lowest BCUT2D eigenvalue weighted by atomic mass is 9.97. The van der Waals surface area contributed by atoms with E-state index in [0.717, 1.165) is 16.9 Å². The fourth-order valence-corrected chi connectivity index (χ4v) is 3.89. The highest BCUT2D eigenvalue weighted by atomic mass is 16.5. The summed E-state index contributed by atoms with van der Waals surface area (Å²) in [5.41, 5.74) is -0.687. The summed E-state index contributed by atoms with van der Waals surface area (Å²) < 4.78 is 5.27. The van der Waals surface area contributed by atoms with Gasteiger partial charge in [-0.3, -0.25) is 14.4 Å². The summed E-state index contributed by atoms with van der Waals surface area (Å²) >= 11 is 0. The molecule has 3 rings (SSSR count). The highest BCUT2D eigenvalue weighted by Gasteiger charge is 2.81. The molecule has 1 saturated carbocycles. The van der Waals surface area contributed by atoms with Gasteiger partial charge >= 0.3 is 11.9 Å². The predicted octanol–water partition coefficient (Wildman–Crippen LogP) is 1.32. The number of aryl methyl sites for hydroxylation is 2. The number of hydrogen-bond acceptors (Lipinski definition) is 4. The molecule has 1 heterocycles. The minimum Gasteiger partial charge on any atom is -0.496 e. The maximum atomic E-state index is 12.4. The quantitative estimate of drug-likeness (QED) is 0.804. The van der Waals surface area contributed by atoms with E-state index >= 15 is 0 Å². The number of rotatable bonds is 6. The molecule has 0 radical (unpaired) electrons. The Balaban J connectivity index is 1.66. The third-order valence-electron chi connectivity index (χ3n) is 5.59. The Morgan fingerprint density at radius 1 is 1.16 bits per heavy atom. The Labute approximate surface area is 145 Å². The van der Waals surface area contributed by atoms with Gasteiger partial charge < -0.3 is 19.8 Å². The van der Waals surface area contributed by atoms with Crippen LogP contribution in [0.1, 0.15) is 24.0 Å². The van der Waals surface area contributed by atoms with Crippen molar-refractivity contribution in [3.63, 3.8) is 0 Å². The number of carbonyl (C=O) groups is 3. The van der Waals surface area contributed by atoms with Gasteiger partial charge in [0.05, 0.1) is 7.11 Å². The predicted molar refractivity (Wildman–Crippen MR) is 87.4 cm³/mol. The summed E-state index contributed by atoms with van der Waals surface area (Å²) in [5, 5.41) is 18.8. The lowest BCUT2D eigenvalue weighted by Crippen LogP contribution is -2.34. The summed E-state index contributed by atoms with van der Waals surface area (Å²) in [7, 11) is 1.59. The monoisotopic (exact) mass is 347 g/mol. The second-order valence-corrected chi connectivity index (χ2v) is 7.01. The molecule has 0 bridgehead atoms. The van der Waals surface area contributed by atoms with Gasteiger partial charge in [0.2, 0.25) is 5.91 Å². The molecular weight excluding hydrogens is 326 g/mol. The van der Waals surface area contributed by atoms with Gasteiger partial charge in [0.1, 0.15) is 16.6 Å². The molecular formula is C18H21NO6. The van der Waals surface area contributed by atoms with Gasteiger partial charge in [-0.25, -0.2) is 0 Å². The fourth-order valence-electron chi connectivity index (χ4n) is 3.89. The maximum absolute atomic E-state index is 12.4. The number of carboxylic acids is 2. The molecule has 1 amide bonds. The summed E-state index contributed by atoms with van der Waals surface area (Å²) in [5.74, 6) is -1.73. The largest absolute Gasteiger partial charge is 0.496 e. The zero-order chi connectivity index (χ0) is 18.4. The lowest BCUT2D eigenvalue weighted by Gasteiger charge is -2.20. The minimum atomic E-state index is -1.32. The van der Waals surface area contributed by atoms with Crippen LogP contribution in [-0.2, 0) is 20.8 Å². The molecule has 25 heavy (non-hydrogen) atoms. The average molecular weight is 347 g/mol. The van der Waals surface area contributed by atoms with Crippen LogP contribution >= 0.6 is 0 Å². The van der Waals surface area contributed by atoms with Crippen LogP contribution in [0.2, 0.25) is 0 Å². The van der Waals surface area contributed by atoms with Crippen molar-refractivity contribution in [2.75, 3.05) is 20.2 Å². The lowest BCUT2D eigenvalue weighted by molar-refractivity contribution is -0.151. The van der Waals surface area contributed by atoms with Crippen LogP contribution < -0.4 is 4.74 Å². The van der Waals surface area contributed by atoms with Crippen LogP contribution in [0, 0.1) is 17.8 Å². The summed E-state index contributed by atoms with van der Waals surface area (Å²) in [4.78, 5) is 36.8. The van der Waals surface area contributed by atoms with E-state index in [1.54, 1.807) is 7.11 Å². The van der Waals surface area contributed by atoms with E-state index in [0.29, 0.717) is 6.42 Å². The molecule has 2 fully saturated rings. The van der Waals surface area contributed by atoms with Crippen molar-refractivity contribution in [1.82, 2.24) is 4.90 Å². The van der Waals surface area contributed by atoms with E-state index in [2.05, 4.69) is 0 Å². The molecule has 1 saturated heterocycles. The SMILES string of the molecule is COc1cc(CCC(=O)N2C[C@@]3(C(=O)O)C[C@@]3(C(=O)O)C2)ccc1C. The van der Waals surface area contributed by atoms with Crippen molar-refractivity contribution in [2.24, 2.45) is 10.8 Å². The molecule has 0 unspecified atom stereocenters. The number of likely N-dealkylation sites (tertiary alicyclic amines) is 1. The first-order valence-corrected chi connectivity index (χ1v) is 8.14. The van der Waals surface area contributed by atoms with Crippen LogP contribution in [0.15, 0.2) is 18.2 Å². The standard InChI is InChI=1S/C18H21NO6/c1-11-3-4-12(7-13(11)25-2)5-6-14(20)19-9-17(15(21)22)8-18(17,10-19)16(23)24/h3-4,7H,5-6,8-10H2,1-2H3,(H,21,22)(H,23,24)/t17-,18+. The van der Waals surface area contributed by atoms with Gasteiger partial charge in [0.15, 0.2) is 0 Å². The summed E-state index contributed by atoms with van der Waals surface area (Å²) in [6.45, 7) is 1.89. The topological polar surface area (TPSA) is 104 Å². The minimum absolute atomic E-state index is 0.0231. The number of hydrogen-bond donors (Lipinski definition) is 2. The van der Waals surface area contributed by atoms with E-state index in [9.17, 15) is 24.6 Å². The Morgan fingerprint density at radius 3 is 2.28 bits per heavy atom. The molecule has 1 aliphatic carbocycles. The fraction of sp³-hybridized carbons (Fsp3) is 0.500. The van der Waals surface area contributed by atoms with Crippen molar-refractivity contribution in [3.05, 3.63) is 29.3 Å². The number of fused-ring (bicyclic) bond motifs is 1. The first-order valence-electron chi connectivity index (χ1n) is 8.14. The van der Waals surface area contributed by atoms with Crippen molar-refractivity contribution < 1.29 is 29.3 Å². The van der Waals surface area contributed by atoms with Crippen molar-refractivity contribution in [2.45, 2.75) is 26.2 Å². The molecule has 2 atom stereocenters. The highest BCUT2D eigenvalue weighted by molar-refractivity contribution is 5.96. The number of amides is 1. The first kappa shape index (κ1) is 17.3. The summed E-state index contributed by atoms with van der Waals surface area (Å²) in [6, 6.07) is 5.72. The average Bonchev–Trinajstić information content (AvgIpc) is 3.12. The second kappa shape index (κ2) is 5.75. The number of ether oxygens (including phenoxy) is 1. The van der Waals surface area contributed by atoms with Crippen molar-refractivity contribution in [3.8, 4) is 5.75 Å². The molecule has 1 aromatic carbocycles. The first-order chi connectivity index (χ1) is 11.8. The van der Waals surface area contributed by atoms with Crippen LogP contribution in [0.4, 0.5) is 0 Å². The molecule has 2 aliphatic rings. The third-order valence-corrected chi connectivity index (χ3v) is 5.59. The van der Waals surface area contributed by atoms with E-state index in [-0.39, 0.29) is 31.8 Å². The van der Waals surface area contributed by atoms with Gasteiger partial charge in [0.25, 0.3) is 0 Å². The Hall–Kier alpha value is -2.57. The summed E-state index contributed by atoms with van der Waals surface area (Å²) in [6.07, 6.45) is 0.799. The van der Waals surface area contributed by atoms with Crippen LogP contribution in [0.25, 0.3) is 0 Å². The smallest absolute Gasteiger partial charge is 0.312 e. The van der Waals surface area contributed by atoms with Gasteiger partial charge in [-0.2, -0.15) is 0 Å². The number of carbonyl (C=O) groups excluding carboxylic acids is 1. The third kappa shape index (κ3) is 2.54. The van der Waals surface area contributed by atoms with Gasteiger partial charge in [-0.05, 0) is 37.0 Å². The Kier molecular flexibility index (Phi) is 3.97. The number of aliphatic carboxylic acids is 2. The van der Waals surface area contributed by atoms with Gasteiger partial charge in [-0.15, -0.1) is 0 Å². The molecule has 1 aromatic rings. The molecule has 0 aromatic heterocycles. The number of benzene rings is 1. The van der Waals surface area contributed by atoms with Crippen LogP contribution in [0.3, 0.4) is 0 Å². The number of nitrogens with zero attached hydrogens (tertiary/aromatic N) is 1. The Bertz CT molecular complexity index is 732. The van der Waals surface area contributed by atoms with E-state index in [4.69, 9.17) is 4.74 Å². The van der Waals surface area contributed by atoms with Gasteiger partial charge in [0, 0.05) is 19.5 Å². The normalized spacial score (nSPS) is 26.9.